The molecule has 43 heavy (non-hydrogen) atoms. The van der Waals surface area contributed by atoms with E-state index >= 15 is 0 Å². The van der Waals surface area contributed by atoms with Gasteiger partial charge in [0.2, 0.25) is 0 Å². The number of fused-ring (bicyclic) bond motifs is 1. The van der Waals surface area contributed by atoms with E-state index in [1.807, 2.05) is 0 Å². The molecule has 5 rings (SSSR count). The summed E-state index contributed by atoms with van der Waals surface area (Å²) in [5.74, 6) is -1.05. The Morgan fingerprint density at radius 2 is 1.16 bits per heavy atom. The van der Waals surface area contributed by atoms with Crippen molar-refractivity contribution >= 4 is 0 Å². The summed E-state index contributed by atoms with van der Waals surface area (Å²) >= 11 is 0. The fourth-order valence-electron chi connectivity index (χ4n) is 7.25. The average Bonchev–Trinajstić information content (AvgIpc) is 2.97. The summed E-state index contributed by atoms with van der Waals surface area (Å²) in [7, 11) is 0. The maximum Gasteiger partial charge on any atom is 0.186 e. The molecule has 18 atom stereocenters. The molecule has 2 saturated carbocycles. The van der Waals surface area contributed by atoms with E-state index in [2.05, 4.69) is 0 Å². The van der Waals surface area contributed by atoms with E-state index in [1.54, 1.807) is 0 Å². The zero-order valence-corrected chi connectivity index (χ0v) is 23.8. The number of hydrogen-bond donors (Lipinski definition) is 11. The highest BCUT2D eigenvalue weighted by Gasteiger charge is 2.54. The van der Waals surface area contributed by atoms with Gasteiger partial charge in [-0.2, -0.15) is 0 Å². The molecule has 0 spiro atoms. The van der Waals surface area contributed by atoms with Crippen LogP contribution in [0.25, 0.3) is 0 Å². The molecule has 11 N–H and O–H groups in total. The number of rotatable bonds is 6. The molecule has 3 heterocycles. The van der Waals surface area contributed by atoms with Gasteiger partial charge in [-0.05, 0) is 38.5 Å². The van der Waals surface area contributed by atoms with Crippen LogP contribution in [-0.2, 0) is 23.7 Å². The van der Waals surface area contributed by atoms with E-state index < -0.39 is 129 Å². The second-order valence-corrected chi connectivity index (χ2v) is 12.7. The molecule has 0 amide bonds. The Hall–Kier alpha value is -0.640. The van der Waals surface area contributed by atoms with Crippen molar-refractivity contribution in [2.24, 2.45) is 11.8 Å². The Morgan fingerprint density at radius 1 is 0.581 bits per heavy atom. The Morgan fingerprint density at radius 3 is 1.79 bits per heavy atom. The largest absolute Gasteiger partial charge is 0.394 e. The second kappa shape index (κ2) is 13.6. The van der Waals surface area contributed by atoms with E-state index in [0.29, 0.717) is 0 Å². The molecule has 0 bridgehead atoms. The number of ether oxygens (including phenoxy) is 5. The summed E-state index contributed by atoms with van der Waals surface area (Å²) in [6.07, 6.45) is -21.8. The maximum atomic E-state index is 10.7. The van der Waals surface area contributed by atoms with Crippen LogP contribution in [-0.4, -0.2) is 173 Å². The van der Waals surface area contributed by atoms with E-state index in [0.717, 1.165) is 0 Å². The lowest BCUT2D eigenvalue weighted by Crippen LogP contribution is -2.63. The third-order valence-corrected chi connectivity index (χ3v) is 9.78. The standard InChI is InChI=1S/C27H46O16/c1-8-18(32)21(35)23(37)26(39-8)42-16-6-11-14(40-25(16)9-2-12(30)19(33)13(31)3-9)4-10(29)5-15(11)41-27-24(38)22(36)20(34)17(7-28)43-27/h8-38H,2-7H2,1H3/t8-,9?,10?,11?,12?,13?,14?,15?,16?,17+,18-,19?,20+,21+,22-,23+,24+,25?,26-,27+/m0/s1. The summed E-state index contributed by atoms with van der Waals surface area (Å²) in [6.45, 7) is 0.852. The van der Waals surface area contributed by atoms with Crippen LogP contribution in [0.15, 0.2) is 0 Å². The van der Waals surface area contributed by atoms with Crippen molar-refractivity contribution in [3.8, 4) is 0 Å². The van der Waals surface area contributed by atoms with Crippen LogP contribution in [0.2, 0.25) is 0 Å². The Kier molecular flexibility index (Phi) is 10.7. The molecule has 5 fully saturated rings. The lowest BCUT2D eigenvalue weighted by molar-refractivity contribution is -0.342. The van der Waals surface area contributed by atoms with Crippen molar-refractivity contribution in [3.63, 3.8) is 0 Å². The summed E-state index contributed by atoms with van der Waals surface area (Å²) < 4.78 is 29.9. The van der Waals surface area contributed by atoms with Crippen molar-refractivity contribution < 1.29 is 79.9 Å². The monoisotopic (exact) mass is 626 g/mol. The SMILES string of the molecule is C[C@@H]1O[C@@H](OC2CC3C(CC(O)CC3O[C@@H]3O[C@H](CO)[C@@H](O)[C@H](O)[C@H]3O)OC2C2CC(O)C(O)C(O)C2)[C@H](O)[C@H](O)[C@H]1O. The first-order chi connectivity index (χ1) is 20.3. The number of aliphatic hydroxyl groups excluding tert-OH is 11. The minimum atomic E-state index is -1.67. The van der Waals surface area contributed by atoms with Gasteiger partial charge in [0.25, 0.3) is 0 Å². The predicted octanol–water partition coefficient (Wildman–Crippen LogP) is -5.19. The highest BCUT2D eigenvalue weighted by Crippen LogP contribution is 2.45. The quantitative estimate of drug-likeness (QED) is 0.132. The Labute approximate surface area is 248 Å². The van der Waals surface area contributed by atoms with Gasteiger partial charge in [0, 0.05) is 12.3 Å². The third-order valence-electron chi connectivity index (χ3n) is 9.78. The van der Waals surface area contributed by atoms with E-state index in [9.17, 15) is 56.2 Å². The molecule has 0 aromatic rings. The number of hydrogen-bond acceptors (Lipinski definition) is 16. The summed E-state index contributed by atoms with van der Waals surface area (Å²) in [4.78, 5) is 0. The lowest BCUT2D eigenvalue weighted by Gasteiger charge is -2.52. The molecule has 0 aromatic carbocycles. The average molecular weight is 627 g/mol. The highest BCUT2D eigenvalue weighted by molar-refractivity contribution is 5.01. The topological polar surface area (TPSA) is 269 Å². The van der Waals surface area contributed by atoms with Crippen molar-refractivity contribution in [2.75, 3.05) is 6.61 Å². The zero-order valence-electron chi connectivity index (χ0n) is 23.8. The first-order valence-electron chi connectivity index (χ1n) is 15.0. The van der Waals surface area contributed by atoms with Gasteiger partial charge in [0.05, 0.1) is 55.4 Å². The fraction of sp³-hybridized carbons (Fsp3) is 1.00. The summed E-state index contributed by atoms with van der Waals surface area (Å²) in [5.41, 5.74) is 0. The van der Waals surface area contributed by atoms with E-state index in [-0.39, 0.29) is 32.1 Å². The van der Waals surface area contributed by atoms with Crippen LogP contribution in [0.1, 0.15) is 39.0 Å². The van der Waals surface area contributed by atoms with Gasteiger partial charge in [-0.25, -0.2) is 0 Å². The smallest absolute Gasteiger partial charge is 0.186 e. The molecule has 250 valence electrons. The van der Waals surface area contributed by atoms with Crippen molar-refractivity contribution in [2.45, 2.75) is 149 Å². The molecule has 16 nitrogen and oxygen atoms in total. The molecule has 3 saturated heterocycles. The highest BCUT2D eigenvalue weighted by atomic mass is 16.7. The molecule has 2 aliphatic carbocycles. The van der Waals surface area contributed by atoms with Gasteiger partial charge in [-0.3, -0.25) is 0 Å². The van der Waals surface area contributed by atoms with Crippen molar-refractivity contribution in [3.05, 3.63) is 0 Å². The molecular formula is C27H46O16. The van der Waals surface area contributed by atoms with Gasteiger partial charge < -0.3 is 79.9 Å². The minimum absolute atomic E-state index is 0.0549. The molecule has 3 aliphatic heterocycles. The van der Waals surface area contributed by atoms with Crippen LogP contribution in [0.3, 0.4) is 0 Å². The molecule has 0 radical (unpaired) electrons. The fourth-order valence-corrected chi connectivity index (χ4v) is 7.25. The lowest BCUT2D eigenvalue weighted by atomic mass is 9.72. The molecule has 0 aromatic heterocycles. The normalized spacial score (nSPS) is 56.4. The van der Waals surface area contributed by atoms with Gasteiger partial charge in [0.15, 0.2) is 12.6 Å². The van der Waals surface area contributed by atoms with Crippen LogP contribution < -0.4 is 0 Å². The van der Waals surface area contributed by atoms with Crippen LogP contribution in [0.4, 0.5) is 0 Å². The maximum absolute atomic E-state index is 10.7. The predicted molar refractivity (Wildman–Crippen MR) is 139 cm³/mol. The summed E-state index contributed by atoms with van der Waals surface area (Å²) in [6, 6.07) is 0. The Balaban J connectivity index is 1.39. The van der Waals surface area contributed by atoms with E-state index in [4.69, 9.17) is 23.7 Å². The third kappa shape index (κ3) is 6.76. The van der Waals surface area contributed by atoms with Gasteiger partial charge in [-0.15, -0.1) is 0 Å². The van der Waals surface area contributed by atoms with Crippen LogP contribution in [0.5, 0.6) is 0 Å². The van der Waals surface area contributed by atoms with Gasteiger partial charge >= 0.3 is 0 Å². The van der Waals surface area contributed by atoms with Gasteiger partial charge in [0.1, 0.15) is 48.8 Å². The van der Waals surface area contributed by atoms with E-state index in [1.165, 1.54) is 6.92 Å². The number of aliphatic hydroxyl groups is 11. The summed E-state index contributed by atoms with van der Waals surface area (Å²) in [5, 5.41) is 113. The molecule has 16 heteroatoms. The second-order valence-electron chi connectivity index (χ2n) is 12.7. The van der Waals surface area contributed by atoms with Crippen molar-refractivity contribution in [1.29, 1.82) is 0 Å². The molecule has 5 aliphatic rings. The molecule has 8 unspecified atom stereocenters. The first-order valence-corrected chi connectivity index (χ1v) is 15.0. The van der Waals surface area contributed by atoms with Crippen LogP contribution in [0, 0.1) is 11.8 Å². The van der Waals surface area contributed by atoms with Gasteiger partial charge in [-0.1, -0.05) is 0 Å². The van der Waals surface area contributed by atoms with Crippen LogP contribution >= 0.6 is 0 Å². The first kappa shape index (κ1) is 33.7. The Bertz CT molecular complexity index is 900. The molecular weight excluding hydrogens is 580 g/mol. The zero-order chi connectivity index (χ0) is 31.3. The minimum Gasteiger partial charge on any atom is -0.394 e. The van der Waals surface area contributed by atoms with Crippen molar-refractivity contribution in [1.82, 2.24) is 0 Å².